The van der Waals surface area contributed by atoms with Gasteiger partial charge in [0.15, 0.2) is 0 Å². The summed E-state index contributed by atoms with van der Waals surface area (Å²) in [6.07, 6.45) is 6.49. The highest BCUT2D eigenvalue weighted by atomic mass is 15.3. The van der Waals surface area contributed by atoms with E-state index in [0.29, 0.717) is 6.04 Å². The maximum Gasteiger partial charge on any atom is 0.143 e. The monoisotopic (exact) mass is 321 g/mol. The molecule has 0 aliphatic carbocycles. The highest BCUT2D eigenvalue weighted by molar-refractivity contribution is 5.80. The van der Waals surface area contributed by atoms with Gasteiger partial charge in [-0.25, -0.2) is 9.97 Å². The number of rotatable bonds is 4. The number of aromatic nitrogens is 4. The summed E-state index contributed by atoms with van der Waals surface area (Å²) in [5.74, 6) is 0.926. The molecular formula is C19H23N5. The summed E-state index contributed by atoms with van der Waals surface area (Å²) >= 11 is 0. The quantitative estimate of drug-likeness (QED) is 0.741. The lowest BCUT2D eigenvalue weighted by atomic mass is 10.2. The predicted molar refractivity (Wildman–Crippen MR) is 94.7 cm³/mol. The molecule has 1 aliphatic rings. The van der Waals surface area contributed by atoms with E-state index in [1.165, 1.54) is 18.4 Å². The third kappa shape index (κ3) is 3.04. The Morgan fingerprint density at radius 3 is 2.88 bits per heavy atom. The first-order chi connectivity index (χ1) is 11.7. The van der Waals surface area contributed by atoms with Gasteiger partial charge in [0.2, 0.25) is 0 Å². The SMILES string of the molecule is Cc1cnn(C[C@H]2CCCN2Cc2nc(C)c3ccccc3n2)c1. The Balaban J connectivity index is 1.53. The van der Waals surface area contributed by atoms with E-state index in [1.54, 1.807) is 0 Å². The van der Waals surface area contributed by atoms with E-state index in [2.05, 4.69) is 46.9 Å². The molecule has 1 atom stereocenters. The van der Waals surface area contributed by atoms with Crippen molar-refractivity contribution in [1.29, 1.82) is 0 Å². The first-order valence-electron chi connectivity index (χ1n) is 8.64. The molecule has 3 heterocycles. The molecule has 24 heavy (non-hydrogen) atoms. The second-order valence-electron chi connectivity index (χ2n) is 6.75. The molecule has 5 heteroatoms. The fourth-order valence-electron chi connectivity index (χ4n) is 3.64. The second kappa shape index (κ2) is 6.32. The average molecular weight is 321 g/mol. The van der Waals surface area contributed by atoms with Crippen molar-refractivity contribution in [1.82, 2.24) is 24.6 Å². The lowest BCUT2D eigenvalue weighted by molar-refractivity contribution is 0.214. The molecule has 0 N–H and O–H groups in total. The van der Waals surface area contributed by atoms with Crippen molar-refractivity contribution < 1.29 is 0 Å². The van der Waals surface area contributed by atoms with E-state index < -0.39 is 0 Å². The number of likely N-dealkylation sites (tertiary alicyclic amines) is 1. The lowest BCUT2D eigenvalue weighted by Gasteiger charge is -2.23. The van der Waals surface area contributed by atoms with Crippen LogP contribution in [0.2, 0.25) is 0 Å². The van der Waals surface area contributed by atoms with Crippen LogP contribution in [0.15, 0.2) is 36.7 Å². The molecule has 2 aromatic heterocycles. The summed E-state index contributed by atoms with van der Waals surface area (Å²) in [4.78, 5) is 12.0. The molecule has 0 unspecified atom stereocenters. The van der Waals surface area contributed by atoms with Gasteiger partial charge in [-0.05, 0) is 44.9 Å². The molecular weight excluding hydrogens is 298 g/mol. The second-order valence-corrected chi connectivity index (χ2v) is 6.75. The van der Waals surface area contributed by atoms with Gasteiger partial charge in [-0.2, -0.15) is 5.10 Å². The standard InChI is InChI=1S/C19H23N5/c1-14-10-20-24(11-14)12-16-6-5-9-23(16)13-19-21-15(2)17-7-3-4-8-18(17)22-19/h3-4,7-8,10-11,16H,5-6,9,12-13H2,1-2H3/t16-/m1/s1. The maximum absolute atomic E-state index is 4.77. The third-order valence-electron chi connectivity index (χ3n) is 4.84. The van der Waals surface area contributed by atoms with Crippen LogP contribution in [0.5, 0.6) is 0 Å². The lowest BCUT2D eigenvalue weighted by Crippen LogP contribution is -2.33. The Labute approximate surface area is 142 Å². The van der Waals surface area contributed by atoms with E-state index in [9.17, 15) is 0 Å². The van der Waals surface area contributed by atoms with Gasteiger partial charge in [0, 0.05) is 23.3 Å². The predicted octanol–water partition coefficient (Wildman–Crippen LogP) is 3.11. The van der Waals surface area contributed by atoms with Crippen LogP contribution in [0.1, 0.15) is 29.9 Å². The van der Waals surface area contributed by atoms with E-state index in [0.717, 1.165) is 42.1 Å². The number of benzene rings is 1. The van der Waals surface area contributed by atoms with Gasteiger partial charge in [-0.15, -0.1) is 0 Å². The largest absolute Gasteiger partial charge is 0.291 e. The third-order valence-corrected chi connectivity index (χ3v) is 4.84. The van der Waals surface area contributed by atoms with Crippen molar-refractivity contribution in [3.8, 4) is 0 Å². The Morgan fingerprint density at radius 2 is 2.04 bits per heavy atom. The number of aryl methyl sites for hydroxylation is 2. The van der Waals surface area contributed by atoms with Crippen LogP contribution in [0.25, 0.3) is 10.9 Å². The van der Waals surface area contributed by atoms with Crippen molar-refractivity contribution in [2.24, 2.45) is 0 Å². The number of para-hydroxylation sites is 1. The van der Waals surface area contributed by atoms with E-state index >= 15 is 0 Å². The Kier molecular flexibility index (Phi) is 4.02. The molecule has 1 aromatic carbocycles. The zero-order valence-electron chi connectivity index (χ0n) is 14.3. The number of hydrogen-bond donors (Lipinski definition) is 0. The molecule has 0 amide bonds. The average Bonchev–Trinajstić information content (AvgIpc) is 3.17. The normalized spacial score (nSPS) is 18.5. The van der Waals surface area contributed by atoms with Crippen LogP contribution >= 0.6 is 0 Å². The van der Waals surface area contributed by atoms with Crippen molar-refractivity contribution in [3.05, 3.63) is 53.7 Å². The van der Waals surface area contributed by atoms with Gasteiger partial charge < -0.3 is 0 Å². The first kappa shape index (κ1) is 15.3. The van der Waals surface area contributed by atoms with Crippen molar-refractivity contribution >= 4 is 10.9 Å². The summed E-state index contributed by atoms with van der Waals surface area (Å²) < 4.78 is 2.06. The summed E-state index contributed by atoms with van der Waals surface area (Å²) in [6.45, 7) is 7.03. The minimum Gasteiger partial charge on any atom is -0.291 e. The zero-order chi connectivity index (χ0) is 16.5. The van der Waals surface area contributed by atoms with Gasteiger partial charge in [0.25, 0.3) is 0 Å². The van der Waals surface area contributed by atoms with E-state index in [-0.39, 0.29) is 0 Å². The van der Waals surface area contributed by atoms with Gasteiger partial charge in [0.1, 0.15) is 5.82 Å². The summed E-state index contributed by atoms with van der Waals surface area (Å²) in [6, 6.07) is 8.76. The molecule has 0 bridgehead atoms. The minimum atomic E-state index is 0.514. The molecule has 0 radical (unpaired) electrons. The maximum atomic E-state index is 4.77. The van der Waals surface area contributed by atoms with Crippen molar-refractivity contribution in [2.75, 3.05) is 6.54 Å². The molecule has 1 saturated heterocycles. The zero-order valence-corrected chi connectivity index (χ0v) is 14.3. The topological polar surface area (TPSA) is 46.8 Å². The van der Waals surface area contributed by atoms with Gasteiger partial charge in [-0.1, -0.05) is 18.2 Å². The van der Waals surface area contributed by atoms with Gasteiger partial charge in [-0.3, -0.25) is 9.58 Å². The highest BCUT2D eigenvalue weighted by Gasteiger charge is 2.26. The molecule has 1 aliphatic heterocycles. The van der Waals surface area contributed by atoms with Crippen LogP contribution in [-0.4, -0.2) is 37.2 Å². The molecule has 1 fully saturated rings. The first-order valence-corrected chi connectivity index (χ1v) is 8.64. The molecule has 0 spiro atoms. The van der Waals surface area contributed by atoms with Crippen molar-refractivity contribution in [3.63, 3.8) is 0 Å². The minimum absolute atomic E-state index is 0.514. The van der Waals surface area contributed by atoms with Crippen LogP contribution < -0.4 is 0 Å². The smallest absolute Gasteiger partial charge is 0.143 e. The Bertz CT molecular complexity index is 854. The molecule has 124 valence electrons. The van der Waals surface area contributed by atoms with Crippen LogP contribution in [0.4, 0.5) is 0 Å². The van der Waals surface area contributed by atoms with Crippen LogP contribution in [0.3, 0.4) is 0 Å². The van der Waals surface area contributed by atoms with Crippen molar-refractivity contribution in [2.45, 2.75) is 45.8 Å². The summed E-state index contributed by atoms with van der Waals surface area (Å²) in [5, 5.41) is 5.58. The Morgan fingerprint density at radius 1 is 1.17 bits per heavy atom. The van der Waals surface area contributed by atoms with Crippen LogP contribution in [0, 0.1) is 13.8 Å². The Hall–Kier alpha value is -2.27. The highest BCUT2D eigenvalue weighted by Crippen LogP contribution is 2.22. The molecule has 4 rings (SSSR count). The van der Waals surface area contributed by atoms with Gasteiger partial charge >= 0.3 is 0 Å². The number of fused-ring (bicyclic) bond motifs is 1. The van der Waals surface area contributed by atoms with E-state index in [1.807, 2.05) is 18.3 Å². The van der Waals surface area contributed by atoms with Gasteiger partial charge in [0.05, 0.1) is 24.8 Å². The summed E-state index contributed by atoms with van der Waals surface area (Å²) in [7, 11) is 0. The molecule has 5 nitrogen and oxygen atoms in total. The van der Waals surface area contributed by atoms with Crippen LogP contribution in [-0.2, 0) is 13.1 Å². The number of nitrogens with zero attached hydrogens (tertiary/aromatic N) is 5. The number of hydrogen-bond acceptors (Lipinski definition) is 4. The molecule has 3 aromatic rings. The summed E-state index contributed by atoms with van der Waals surface area (Å²) in [5.41, 5.74) is 3.32. The fourth-order valence-corrected chi connectivity index (χ4v) is 3.64. The fraction of sp³-hybridized carbons (Fsp3) is 0.421. The van der Waals surface area contributed by atoms with E-state index in [4.69, 9.17) is 9.97 Å². The molecule has 0 saturated carbocycles.